The molecule has 0 spiro atoms. The van der Waals surface area contributed by atoms with Gasteiger partial charge >= 0.3 is 0 Å². The largest absolute Gasteiger partial charge is 0.379 e. The van der Waals surface area contributed by atoms with Crippen molar-refractivity contribution in [3.8, 4) is 0 Å². The monoisotopic (exact) mass is 359 g/mol. The summed E-state index contributed by atoms with van der Waals surface area (Å²) in [5, 5.41) is 3.18. The third-order valence-electron chi connectivity index (χ3n) is 5.85. The van der Waals surface area contributed by atoms with Gasteiger partial charge in [-0.15, -0.1) is 0 Å². The molecule has 5 nitrogen and oxygen atoms in total. The molecule has 2 aliphatic rings. The van der Waals surface area contributed by atoms with Gasteiger partial charge in [-0.1, -0.05) is 49.6 Å². The molecule has 0 radical (unpaired) electrons. The number of hydrogen-bond donors (Lipinski definition) is 2. The number of amides is 1. The van der Waals surface area contributed by atoms with E-state index in [0.717, 1.165) is 45.0 Å². The van der Waals surface area contributed by atoms with E-state index in [1.807, 2.05) is 30.3 Å². The van der Waals surface area contributed by atoms with Crippen molar-refractivity contribution in [1.29, 1.82) is 0 Å². The van der Waals surface area contributed by atoms with Crippen LogP contribution in [0.2, 0.25) is 0 Å². The van der Waals surface area contributed by atoms with Gasteiger partial charge in [0.15, 0.2) is 0 Å². The zero-order valence-electron chi connectivity index (χ0n) is 15.8. The number of carbonyl (C=O) groups excluding carboxylic acids is 1. The highest BCUT2D eigenvalue weighted by Gasteiger charge is 2.35. The minimum Gasteiger partial charge on any atom is -0.379 e. The first-order chi connectivity index (χ1) is 12.7. The summed E-state index contributed by atoms with van der Waals surface area (Å²) >= 11 is 0. The Bertz CT molecular complexity index is 552. The Morgan fingerprint density at radius 2 is 1.85 bits per heavy atom. The molecular formula is C21H33N3O2. The summed E-state index contributed by atoms with van der Waals surface area (Å²) in [6.07, 6.45) is 6.80. The summed E-state index contributed by atoms with van der Waals surface area (Å²) in [6, 6.07) is 9.51. The van der Waals surface area contributed by atoms with Crippen LogP contribution in [0, 0.1) is 5.41 Å². The number of hydrogen-bond acceptors (Lipinski definition) is 4. The third kappa shape index (κ3) is 5.53. The number of nitrogens with one attached hydrogen (secondary N) is 1. The molecule has 1 heterocycles. The van der Waals surface area contributed by atoms with Crippen LogP contribution in [0.3, 0.4) is 0 Å². The highest BCUT2D eigenvalue weighted by atomic mass is 16.5. The molecule has 1 aromatic rings. The van der Waals surface area contributed by atoms with Crippen molar-refractivity contribution in [3.05, 3.63) is 35.9 Å². The molecule has 3 rings (SSSR count). The number of carbonyl (C=O) groups is 1. The van der Waals surface area contributed by atoms with E-state index in [4.69, 9.17) is 10.5 Å². The number of benzene rings is 1. The van der Waals surface area contributed by atoms with Crippen molar-refractivity contribution in [2.75, 3.05) is 39.4 Å². The third-order valence-corrected chi connectivity index (χ3v) is 5.85. The molecule has 1 amide bonds. The van der Waals surface area contributed by atoms with Crippen LogP contribution in [0.1, 0.15) is 37.7 Å². The van der Waals surface area contributed by atoms with Crippen molar-refractivity contribution in [1.82, 2.24) is 10.2 Å². The van der Waals surface area contributed by atoms with Gasteiger partial charge in [-0.05, 0) is 24.8 Å². The Balaban J connectivity index is 1.53. The van der Waals surface area contributed by atoms with Gasteiger partial charge in [-0.2, -0.15) is 0 Å². The van der Waals surface area contributed by atoms with Gasteiger partial charge in [0, 0.05) is 31.6 Å². The van der Waals surface area contributed by atoms with Crippen molar-refractivity contribution in [3.63, 3.8) is 0 Å². The van der Waals surface area contributed by atoms with E-state index in [0.29, 0.717) is 6.42 Å². The fraction of sp³-hybridized carbons (Fsp3) is 0.667. The summed E-state index contributed by atoms with van der Waals surface area (Å²) in [5.74, 6) is -0.0271. The van der Waals surface area contributed by atoms with Gasteiger partial charge in [-0.3, -0.25) is 9.69 Å². The molecule has 3 N–H and O–H groups in total. The van der Waals surface area contributed by atoms with Crippen LogP contribution in [0.15, 0.2) is 30.3 Å². The second-order valence-corrected chi connectivity index (χ2v) is 7.96. The van der Waals surface area contributed by atoms with E-state index in [9.17, 15) is 4.79 Å². The fourth-order valence-corrected chi connectivity index (χ4v) is 4.29. The standard InChI is InChI=1S/C21H33N3O2/c22-19(15-18-7-3-1-4-8-18)20(25)23-16-21(9-5-2-6-10-21)17-24-11-13-26-14-12-24/h1,3-4,7-8,19H,2,5-6,9-17,22H2,(H,23,25). The Morgan fingerprint density at radius 3 is 2.54 bits per heavy atom. The minimum absolute atomic E-state index is 0.0271. The predicted molar refractivity (Wildman–Crippen MR) is 104 cm³/mol. The molecule has 1 aliphatic heterocycles. The van der Waals surface area contributed by atoms with E-state index in [-0.39, 0.29) is 11.3 Å². The lowest BCUT2D eigenvalue weighted by atomic mass is 9.73. The van der Waals surface area contributed by atoms with Gasteiger partial charge in [0.05, 0.1) is 19.3 Å². The lowest BCUT2D eigenvalue weighted by Gasteiger charge is -2.42. The van der Waals surface area contributed by atoms with Crippen LogP contribution in [-0.4, -0.2) is 56.2 Å². The van der Waals surface area contributed by atoms with Gasteiger partial charge in [0.25, 0.3) is 0 Å². The summed E-state index contributed by atoms with van der Waals surface area (Å²) < 4.78 is 5.48. The predicted octanol–water partition coefficient (Wildman–Crippen LogP) is 1.96. The maximum atomic E-state index is 12.6. The number of ether oxygens (including phenoxy) is 1. The Morgan fingerprint density at radius 1 is 1.15 bits per heavy atom. The number of morpholine rings is 1. The number of rotatable bonds is 7. The smallest absolute Gasteiger partial charge is 0.237 e. The van der Waals surface area contributed by atoms with Crippen LogP contribution in [0.25, 0.3) is 0 Å². The molecule has 1 unspecified atom stereocenters. The molecule has 1 saturated carbocycles. The molecule has 26 heavy (non-hydrogen) atoms. The summed E-state index contributed by atoms with van der Waals surface area (Å²) in [6.45, 7) is 5.46. The van der Waals surface area contributed by atoms with Gasteiger partial charge in [0.2, 0.25) is 5.91 Å². The van der Waals surface area contributed by atoms with Crippen LogP contribution >= 0.6 is 0 Å². The first-order valence-corrected chi connectivity index (χ1v) is 10.0. The molecule has 1 atom stereocenters. The highest BCUT2D eigenvalue weighted by Crippen LogP contribution is 2.36. The van der Waals surface area contributed by atoms with E-state index >= 15 is 0 Å². The van der Waals surface area contributed by atoms with Gasteiger partial charge < -0.3 is 15.8 Å². The first kappa shape index (κ1) is 19.3. The zero-order valence-corrected chi connectivity index (χ0v) is 15.8. The Hall–Kier alpha value is -1.43. The molecule has 0 bridgehead atoms. The van der Waals surface area contributed by atoms with Gasteiger partial charge in [-0.25, -0.2) is 0 Å². The molecule has 144 valence electrons. The Kier molecular flexibility index (Phi) is 7.06. The Labute approximate surface area is 157 Å². The SMILES string of the molecule is NC(Cc1ccccc1)C(=O)NCC1(CN2CCOCC2)CCCCC1. The lowest BCUT2D eigenvalue weighted by molar-refractivity contribution is -0.123. The van der Waals surface area contributed by atoms with Crippen molar-refractivity contribution >= 4 is 5.91 Å². The maximum absolute atomic E-state index is 12.6. The second kappa shape index (κ2) is 9.49. The van der Waals surface area contributed by atoms with E-state index in [2.05, 4.69) is 10.2 Å². The zero-order chi connectivity index (χ0) is 18.2. The van der Waals surface area contributed by atoms with E-state index < -0.39 is 6.04 Å². The van der Waals surface area contributed by atoms with Crippen molar-refractivity contribution in [2.24, 2.45) is 11.1 Å². The first-order valence-electron chi connectivity index (χ1n) is 10.0. The molecule has 1 aliphatic carbocycles. The summed E-state index contributed by atoms with van der Waals surface area (Å²) in [5.41, 5.74) is 7.45. The van der Waals surface area contributed by atoms with Crippen molar-refractivity contribution in [2.45, 2.75) is 44.6 Å². The molecule has 1 aromatic carbocycles. The van der Waals surface area contributed by atoms with Crippen molar-refractivity contribution < 1.29 is 9.53 Å². The minimum atomic E-state index is -0.485. The lowest BCUT2D eigenvalue weighted by Crippen LogP contribution is -2.51. The second-order valence-electron chi connectivity index (χ2n) is 7.96. The number of nitrogens with two attached hydrogens (primary N) is 1. The topological polar surface area (TPSA) is 67.6 Å². The summed E-state index contributed by atoms with van der Waals surface area (Å²) in [7, 11) is 0. The van der Waals surface area contributed by atoms with Crippen LogP contribution < -0.4 is 11.1 Å². The quantitative estimate of drug-likeness (QED) is 0.781. The molecule has 1 saturated heterocycles. The van der Waals surface area contributed by atoms with Gasteiger partial charge in [0.1, 0.15) is 0 Å². The van der Waals surface area contributed by atoms with E-state index in [1.165, 1.54) is 32.1 Å². The highest BCUT2D eigenvalue weighted by molar-refractivity contribution is 5.81. The molecule has 2 fully saturated rings. The fourth-order valence-electron chi connectivity index (χ4n) is 4.29. The molecule has 5 heteroatoms. The average Bonchev–Trinajstić information content (AvgIpc) is 2.68. The summed E-state index contributed by atoms with van der Waals surface area (Å²) in [4.78, 5) is 15.1. The van der Waals surface area contributed by atoms with Crippen LogP contribution in [0.5, 0.6) is 0 Å². The molecule has 0 aromatic heterocycles. The van der Waals surface area contributed by atoms with Crippen LogP contribution in [-0.2, 0) is 16.0 Å². The molecular weight excluding hydrogens is 326 g/mol. The van der Waals surface area contributed by atoms with Crippen LogP contribution in [0.4, 0.5) is 0 Å². The maximum Gasteiger partial charge on any atom is 0.237 e. The van der Waals surface area contributed by atoms with E-state index in [1.54, 1.807) is 0 Å². The number of nitrogens with zero attached hydrogens (tertiary/aromatic N) is 1. The average molecular weight is 360 g/mol. The normalized spacial score (nSPS) is 21.9.